The van der Waals surface area contributed by atoms with Crippen LogP contribution in [-0.2, 0) is 34.9 Å². The summed E-state index contributed by atoms with van der Waals surface area (Å²) in [5.74, 6) is -0.976. The lowest BCUT2D eigenvalue weighted by Gasteiger charge is -2.17. The maximum absolute atomic E-state index is 12.3. The summed E-state index contributed by atoms with van der Waals surface area (Å²) in [4.78, 5) is 47.7. The second-order valence-electron chi connectivity index (χ2n) is 8.60. The maximum atomic E-state index is 12.3. The lowest BCUT2D eigenvalue weighted by atomic mass is 10.1. The molecule has 0 amide bonds. The molecule has 0 fully saturated rings. The fourth-order valence-corrected chi connectivity index (χ4v) is 2.52. The topological polar surface area (TPSA) is 159 Å². The molecular formula is C24H35NO11. The highest BCUT2D eigenvalue weighted by Gasteiger charge is 2.22. The third-order valence-electron chi connectivity index (χ3n) is 3.91. The highest BCUT2D eigenvalue weighted by atomic mass is 16.8. The first kappa shape index (κ1) is 30.5. The summed E-state index contributed by atoms with van der Waals surface area (Å²) in [6.07, 6.45) is -4.85. The highest BCUT2D eigenvalue weighted by molar-refractivity contribution is 5.76. The van der Waals surface area contributed by atoms with Gasteiger partial charge in [-0.3, -0.25) is 4.79 Å². The standard InChI is InChI=1S/C24H35NO11/c1-13(2)31-22(27)34-16(7)12-30-21(26)18(25)10-17-8-9-19(35-23(28)32-14(3)4)20(11-17)36-24(29)33-15(5)6/h8-9,11,13-16,18H,10,12,25H2,1-7H3/t16-,18-/m0/s1. The number of ether oxygens (including phenoxy) is 7. The van der Waals surface area contributed by atoms with Crippen molar-refractivity contribution in [1.29, 1.82) is 0 Å². The zero-order chi connectivity index (χ0) is 27.4. The Kier molecular flexibility index (Phi) is 12.5. The van der Waals surface area contributed by atoms with Gasteiger partial charge in [0, 0.05) is 0 Å². The molecule has 0 spiro atoms. The minimum absolute atomic E-state index is 0.00420. The molecule has 12 nitrogen and oxygen atoms in total. The molecule has 0 aliphatic carbocycles. The number of nitrogens with two attached hydrogens (primary N) is 1. The molecule has 1 rings (SSSR count). The smallest absolute Gasteiger partial charge is 0.461 e. The normalized spacial score (nSPS) is 12.5. The SMILES string of the molecule is CC(C)OC(=O)Oc1ccc(C[C@H](N)C(=O)OC[C@H](C)OC(=O)OC(C)C)cc1OC(=O)OC(C)C. The van der Waals surface area contributed by atoms with Gasteiger partial charge < -0.3 is 38.9 Å². The Morgan fingerprint density at radius 3 is 1.75 bits per heavy atom. The third-order valence-corrected chi connectivity index (χ3v) is 3.91. The van der Waals surface area contributed by atoms with E-state index in [-0.39, 0.29) is 30.6 Å². The van der Waals surface area contributed by atoms with Crippen molar-refractivity contribution in [1.82, 2.24) is 0 Å². The van der Waals surface area contributed by atoms with Gasteiger partial charge in [-0.25, -0.2) is 14.4 Å². The molecular weight excluding hydrogens is 478 g/mol. The van der Waals surface area contributed by atoms with Crippen LogP contribution >= 0.6 is 0 Å². The van der Waals surface area contributed by atoms with Crippen LogP contribution in [0.2, 0.25) is 0 Å². The molecule has 0 radical (unpaired) electrons. The zero-order valence-corrected chi connectivity index (χ0v) is 21.6. The predicted octanol–water partition coefficient (Wildman–Crippen LogP) is 3.90. The second-order valence-corrected chi connectivity index (χ2v) is 8.60. The second kappa shape index (κ2) is 14.8. The van der Waals surface area contributed by atoms with E-state index >= 15 is 0 Å². The van der Waals surface area contributed by atoms with Crippen molar-refractivity contribution in [3.63, 3.8) is 0 Å². The van der Waals surface area contributed by atoms with E-state index in [0.29, 0.717) is 5.56 Å². The molecule has 0 aromatic heterocycles. The van der Waals surface area contributed by atoms with Crippen LogP contribution in [0, 0.1) is 0 Å². The fourth-order valence-electron chi connectivity index (χ4n) is 2.52. The summed E-state index contributed by atoms with van der Waals surface area (Å²) in [6.45, 7) is 11.2. The molecule has 1 aromatic carbocycles. The van der Waals surface area contributed by atoms with Crippen LogP contribution in [-0.4, -0.2) is 61.5 Å². The van der Waals surface area contributed by atoms with Gasteiger partial charge in [-0.1, -0.05) is 6.07 Å². The molecule has 0 heterocycles. The van der Waals surface area contributed by atoms with Crippen LogP contribution in [0.4, 0.5) is 14.4 Å². The van der Waals surface area contributed by atoms with Crippen molar-refractivity contribution in [2.75, 3.05) is 6.61 Å². The monoisotopic (exact) mass is 513 g/mol. The van der Waals surface area contributed by atoms with Crippen molar-refractivity contribution < 1.29 is 52.3 Å². The Morgan fingerprint density at radius 1 is 0.722 bits per heavy atom. The molecule has 0 saturated carbocycles. The van der Waals surface area contributed by atoms with Crippen molar-refractivity contribution in [3.8, 4) is 11.5 Å². The molecule has 0 saturated heterocycles. The molecule has 0 unspecified atom stereocenters. The van der Waals surface area contributed by atoms with Crippen LogP contribution in [0.3, 0.4) is 0 Å². The van der Waals surface area contributed by atoms with Gasteiger partial charge in [0.15, 0.2) is 11.5 Å². The van der Waals surface area contributed by atoms with Crippen LogP contribution in [0.5, 0.6) is 11.5 Å². The number of benzene rings is 1. The van der Waals surface area contributed by atoms with Gasteiger partial charge in [0.25, 0.3) is 0 Å². The van der Waals surface area contributed by atoms with Gasteiger partial charge in [0.05, 0.1) is 18.3 Å². The van der Waals surface area contributed by atoms with Gasteiger partial charge in [0.2, 0.25) is 0 Å². The minimum atomic E-state index is -1.09. The molecule has 2 N–H and O–H groups in total. The Hall–Kier alpha value is -3.54. The minimum Gasteiger partial charge on any atom is -0.461 e. The number of hydrogen-bond acceptors (Lipinski definition) is 12. The van der Waals surface area contributed by atoms with Gasteiger partial charge in [0.1, 0.15) is 18.8 Å². The number of carbonyl (C=O) groups is 4. The molecule has 1 aromatic rings. The first-order valence-electron chi connectivity index (χ1n) is 11.5. The van der Waals surface area contributed by atoms with Crippen LogP contribution in [0.15, 0.2) is 18.2 Å². The summed E-state index contributed by atoms with van der Waals surface area (Å²) in [5, 5.41) is 0. The van der Waals surface area contributed by atoms with E-state index in [1.807, 2.05) is 0 Å². The van der Waals surface area contributed by atoms with E-state index in [1.54, 1.807) is 41.5 Å². The zero-order valence-electron chi connectivity index (χ0n) is 21.6. The van der Waals surface area contributed by atoms with E-state index in [4.69, 9.17) is 38.9 Å². The van der Waals surface area contributed by atoms with E-state index in [0.717, 1.165) is 0 Å². The molecule has 0 aliphatic heterocycles. The molecule has 12 heteroatoms. The summed E-state index contributed by atoms with van der Waals surface area (Å²) in [6, 6.07) is 3.18. The Morgan fingerprint density at radius 2 is 1.22 bits per heavy atom. The van der Waals surface area contributed by atoms with Gasteiger partial charge >= 0.3 is 24.4 Å². The van der Waals surface area contributed by atoms with Gasteiger partial charge in [-0.2, -0.15) is 0 Å². The quantitative estimate of drug-likeness (QED) is 0.259. The number of carbonyl (C=O) groups excluding carboxylic acids is 4. The Bertz CT molecular complexity index is 898. The van der Waals surface area contributed by atoms with Gasteiger partial charge in [-0.05, 0) is 72.6 Å². The summed E-state index contributed by atoms with van der Waals surface area (Å²) in [7, 11) is 0. The number of esters is 1. The molecule has 202 valence electrons. The lowest BCUT2D eigenvalue weighted by molar-refractivity contribution is -0.148. The molecule has 2 atom stereocenters. The predicted molar refractivity (Wildman–Crippen MR) is 126 cm³/mol. The van der Waals surface area contributed by atoms with Crippen molar-refractivity contribution in [3.05, 3.63) is 23.8 Å². The summed E-state index contributed by atoms with van der Waals surface area (Å²) < 4.78 is 35.1. The maximum Gasteiger partial charge on any atom is 0.514 e. The average Bonchev–Trinajstić information content (AvgIpc) is 2.71. The number of rotatable bonds is 11. The van der Waals surface area contributed by atoms with Crippen LogP contribution in [0.1, 0.15) is 54.0 Å². The van der Waals surface area contributed by atoms with Crippen molar-refractivity contribution >= 4 is 24.4 Å². The third kappa shape index (κ3) is 12.2. The highest BCUT2D eigenvalue weighted by Crippen LogP contribution is 2.30. The van der Waals surface area contributed by atoms with E-state index in [9.17, 15) is 19.2 Å². The van der Waals surface area contributed by atoms with Crippen LogP contribution < -0.4 is 15.2 Å². The molecule has 36 heavy (non-hydrogen) atoms. The van der Waals surface area contributed by atoms with Gasteiger partial charge in [-0.15, -0.1) is 0 Å². The first-order chi connectivity index (χ1) is 16.8. The largest absolute Gasteiger partial charge is 0.514 e. The summed E-state index contributed by atoms with van der Waals surface area (Å²) in [5.41, 5.74) is 6.42. The Balaban J connectivity index is 2.84. The fraction of sp³-hybridized carbons (Fsp3) is 0.583. The molecule has 0 bridgehead atoms. The Labute approximate surface area is 210 Å². The number of hydrogen-bond donors (Lipinski definition) is 1. The van der Waals surface area contributed by atoms with Crippen molar-refractivity contribution in [2.45, 2.75) is 85.3 Å². The average molecular weight is 514 g/mol. The lowest BCUT2D eigenvalue weighted by Crippen LogP contribution is -2.36. The van der Waals surface area contributed by atoms with Crippen molar-refractivity contribution in [2.24, 2.45) is 5.73 Å². The van der Waals surface area contributed by atoms with E-state index in [2.05, 4.69) is 0 Å². The molecule has 0 aliphatic rings. The summed E-state index contributed by atoms with van der Waals surface area (Å²) >= 11 is 0. The van der Waals surface area contributed by atoms with Crippen LogP contribution in [0.25, 0.3) is 0 Å². The van der Waals surface area contributed by atoms with E-state index < -0.39 is 48.8 Å². The van der Waals surface area contributed by atoms with E-state index in [1.165, 1.54) is 25.1 Å². The first-order valence-corrected chi connectivity index (χ1v) is 11.5.